The van der Waals surface area contributed by atoms with Gasteiger partial charge in [-0.05, 0) is 5.56 Å². The van der Waals surface area contributed by atoms with Crippen LogP contribution in [0.5, 0.6) is 5.06 Å². The summed E-state index contributed by atoms with van der Waals surface area (Å²) in [5, 5.41) is 10.3. The number of carbonyl (C=O) groups excluding carboxylic acids is 1. The maximum Gasteiger partial charge on any atom is 0.172 e. The first-order chi connectivity index (χ1) is 6.76. The van der Waals surface area contributed by atoms with E-state index in [1.54, 1.807) is 12.1 Å². The Hall–Kier alpha value is -1.06. The number of carbonyl (C=O) groups is 1. The minimum Gasteiger partial charge on any atom is -0.499 e. The Bertz CT molecular complexity index is 490. The second kappa shape index (κ2) is 3.59. The molecule has 0 atom stereocenters. The highest BCUT2D eigenvalue weighted by Gasteiger charge is 2.08. The summed E-state index contributed by atoms with van der Waals surface area (Å²) in [6.45, 7) is 0. The molecule has 0 aliphatic carbocycles. The van der Waals surface area contributed by atoms with Gasteiger partial charge in [0.2, 0.25) is 0 Å². The third-order valence-electron chi connectivity index (χ3n) is 2.06. The molecule has 2 aromatic rings. The van der Waals surface area contributed by atoms with Crippen molar-refractivity contribution in [3.63, 3.8) is 0 Å². The maximum absolute atomic E-state index is 10.7. The predicted octanol–water partition coefficient (Wildman–Crippen LogP) is 3.16. The van der Waals surface area contributed by atoms with Gasteiger partial charge < -0.3 is 5.11 Å². The second-order valence-corrected chi connectivity index (χ2v) is 4.19. The highest BCUT2D eigenvalue weighted by Crippen LogP contribution is 2.35. The van der Waals surface area contributed by atoms with Gasteiger partial charge in [0.25, 0.3) is 0 Å². The molecule has 14 heavy (non-hydrogen) atoms. The molecule has 72 valence electrons. The van der Waals surface area contributed by atoms with Crippen molar-refractivity contribution in [3.05, 3.63) is 29.3 Å². The van der Waals surface area contributed by atoms with E-state index in [-0.39, 0.29) is 5.06 Å². The Morgan fingerprint density at radius 3 is 2.93 bits per heavy atom. The average molecular weight is 227 g/mol. The molecule has 0 aliphatic heterocycles. The van der Waals surface area contributed by atoms with Crippen LogP contribution >= 0.6 is 22.9 Å². The summed E-state index contributed by atoms with van der Waals surface area (Å²) in [6.07, 6.45) is 0.784. The number of rotatable bonds is 2. The molecule has 1 heterocycles. The number of hydrogen-bond acceptors (Lipinski definition) is 3. The molecule has 1 aromatic carbocycles. The first-order valence-electron chi connectivity index (χ1n) is 4.02. The van der Waals surface area contributed by atoms with E-state index in [9.17, 15) is 9.90 Å². The van der Waals surface area contributed by atoms with Crippen molar-refractivity contribution < 1.29 is 9.90 Å². The van der Waals surface area contributed by atoms with Crippen molar-refractivity contribution in [2.24, 2.45) is 0 Å². The van der Waals surface area contributed by atoms with Crippen molar-refractivity contribution in [2.45, 2.75) is 5.88 Å². The first-order valence-corrected chi connectivity index (χ1v) is 5.37. The second-order valence-electron chi connectivity index (χ2n) is 2.89. The van der Waals surface area contributed by atoms with Crippen molar-refractivity contribution in [1.82, 2.24) is 0 Å². The average Bonchev–Trinajstić information content (AvgIpc) is 2.57. The molecule has 1 N–H and O–H groups in total. The van der Waals surface area contributed by atoms with Gasteiger partial charge in [-0.25, -0.2) is 0 Å². The van der Waals surface area contributed by atoms with Gasteiger partial charge in [0.15, 0.2) is 11.3 Å². The van der Waals surface area contributed by atoms with Gasteiger partial charge in [-0.3, -0.25) is 4.79 Å². The highest BCUT2D eigenvalue weighted by atomic mass is 35.5. The fourth-order valence-electron chi connectivity index (χ4n) is 1.39. The van der Waals surface area contributed by atoms with Gasteiger partial charge in [-0.15, -0.1) is 11.6 Å². The molecule has 0 unspecified atom stereocenters. The van der Waals surface area contributed by atoms with Crippen LogP contribution in [0.15, 0.2) is 18.2 Å². The van der Waals surface area contributed by atoms with Crippen LogP contribution in [0.4, 0.5) is 0 Å². The summed E-state index contributed by atoms with van der Waals surface area (Å²) in [5.74, 6) is 0.385. The van der Waals surface area contributed by atoms with E-state index >= 15 is 0 Å². The molecule has 2 rings (SSSR count). The maximum atomic E-state index is 10.7. The van der Waals surface area contributed by atoms with Crippen LogP contribution in [0.1, 0.15) is 15.9 Å². The largest absolute Gasteiger partial charge is 0.499 e. The fourth-order valence-corrected chi connectivity index (χ4v) is 2.64. The molecule has 0 fully saturated rings. The van der Waals surface area contributed by atoms with Crippen molar-refractivity contribution in [3.8, 4) is 5.06 Å². The lowest BCUT2D eigenvalue weighted by molar-refractivity contribution is 0.112. The molecular formula is C10H7ClO2S. The quantitative estimate of drug-likeness (QED) is 0.631. The molecule has 1 aromatic heterocycles. The number of thiophene rings is 1. The van der Waals surface area contributed by atoms with Crippen molar-refractivity contribution >= 4 is 39.3 Å². The lowest BCUT2D eigenvalue weighted by atomic mass is 10.1. The normalized spacial score (nSPS) is 10.6. The van der Waals surface area contributed by atoms with Gasteiger partial charge in [0.1, 0.15) is 0 Å². The zero-order valence-corrected chi connectivity index (χ0v) is 8.73. The predicted molar refractivity (Wildman–Crippen MR) is 58.4 cm³/mol. The Kier molecular flexibility index (Phi) is 2.44. The molecule has 0 saturated carbocycles. The lowest BCUT2D eigenvalue weighted by Gasteiger charge is -1.99. The molecule has 0 amide bonds. The van der Waals surface area contributed by atoms with Gasteiger partial charge in [0, 0.05) is 27.6 Å². The van der Waals surface area contributed by atoms with E-state index in [1.807, 2.05) is 6.07 Å². The minimum atomic E-state index is 0.209. The SMILES string of the molecule is O=Cc1ccc(CCl)c2sc(O)cc12. The van der Waals surface area contributed by atoms with Gasteiger partial charge in [-0.1, -0.05) is 23.5 Å². The monoisotopic (exact) mass is 226 g/mol. The molecule has 0 saturated heterocycles. The van der Waals surface area contributed by atoms with Crippen molar-refractivity contribution in [1.29, 1.82) is 0 Å². The first kappa shape index (κ1) is 9.49. The number of aromatic hydroxyl groups is 1. The van der Waals surface area contributed by atoms with Crippen LogP contribution in [0.25, 0.3) is 10.1 Å². The summed E-state index contributed by atoms with van der Waals surface area (Å²) in [7, 11) is 0. The summed E-state index contributed by atoms with van der Waals surface area (Å²) in [6, 6.07) is 5.13. The fraction of sp³-hybridized carbons (Fsp3) is 0.100. The number of hydrogen-bond donors (Lipinski definition) is 1. The third kappa shape index (κ3) is 1.38. The van der Waals surface area contributed by atoms with Crippen LogP contribution in [-0.4, -0.2) is 11.4 Å². The zero-order chi connectivity index (χ0) is 10.1. The van der Waals surface area contributed by atoms with E-state index in [0.717, 1.165) is 21.9 Å². The number of halogens is 1. The summed E-state index contributed by atoms with van der Waals surface area (Å²) in [4.78, 5) is 10.7. The van der Waals surface area contributed by atoms with Crippen molar-refractivity contribution in [2.75, 3.05) is 0 Å². The Labute approximate surface area is 89.7 Å². The zero-order valence-electron chi connectivity index (χ0n) is 7.16. The molecule has 2 nitrogen and oxygen atoms in total. The van der Waals surface area contributed by atoms with E-state index in [1.165, 1.54) is 11.3 Å². The van der Waals surface area contributed by atoms with E-state index in [4.69, 9.17) is 11.6 Å². The Morgan fingerprint density at radius 1 is 1.50 bits per heavy atom. The van der Waals surface area contributed by atoms with Gasteiger partial charge in [-0.2, -0.15) is 0 Å². The number of alkyl halides is 1. The standard InChI is InChI=1S/C10H7ClO2S/c11-4-6-1-2-7(5-12)8-3-9(13)14-10(6)8/h1-3,5,13H,4H2. The number of fused-ring (bicyclic) bond motifs is 1. The summed E-state index contributed by atoms with van der Waals surface area (Å²) >= 11 is 6.99. The summed E-state index contributed by atoms with van der Waals surface area (Å²) < 4.78 is 0.891. The molecule has 0 spiro atoms. The van der Waals surface area contributed by atoms with Crippen LogP contribution in [0.2, 0.25) is 0 Å². The van der Waals surface area contributed by atoms with E-state index in [2.05, 4.69) is 0 Å². The Balaban J connectivity index is 2.83. The van der Waals surface area contributed by atoms with Crippen LogP contribution < -0.4 is 0 Å². The molecule has 0 radical (unpaired) electrons. The van der Waals surface area contributed by atoms with Crippen LogP contribution in [-0.2, 0) is 5.88 Å². The van der Waals surface area contributed by atoms with Gasteiger partial charge in [0.05, 0.1) is 0 Å². The molecular weight excluding hydrogens is 220 g/mol. The Morgan fingerprint density at radius 2 is 2.29 bits per heavy atom. The summed E-state index contributed by atoms with van der Waals surface area (Å²) in [5.41, 5.74) is 1.53. The third-order valence-corrected chi connectivity index (χ3v) is 3.36. The van der Waals surface area contributed by atoms with Crippen LogP contribution in [0, 0.1) is 0 Å². The van der Waals surface area contributed by atoms with E-state index in [0.29, 0.717) is 11.4 Å². The molecule has 0 bridgehead atoms. The van der Waals surface area contributed by atoms with E-state index < -0.39 is 0 Å². The number of benzene rings is 1. The molecule has 0 aliphatic rings. The van der Waals surface area contributed by atoms with Gasteiger partial charge >= 0.3 is 0 Å². The lowest BCUT2D eigenvalue weighted by Crippen LogP contribution is -1.83. The highest BCUT2D eigenvalue weighted by molar-refractivity contribution is 7.20. The topological polar surface area (TPSA) is 37.3 Å². The molecule has 4 heteroatoms. The minimum absolute atomic E-state index is 0.209. The smallest absolute Gasteiger partial charge is 0.172 e. The van der Waals surface area contributed by atoms with Crippen LogP contribution in [0.3, 0.4) is 0 Å². The number of aldehydes is 1.